The third-order valence-corrected chi connectivity index (χ3v) is 4.33. The number of rotatable bonds is 5. The number of aromatic nitrogens is 2. The first kappa shape index (κ1) is 18.2. The molecule has 1 saturated heterocycles. The van der Waals surface area contributed by atoms with Crippen LogP contribution in [0.3, 0.4) is 0 Å². The number of halogens is 3. The van der Waals surface area contributed by atoms with Gasteiger partial charge in [-0.25, -0.2) is 0 Å². The Morgan fingerprint density at radius 1 is 1.31 bits per heavy atom. The minimum atomic E-state index is -4.36. The number of carbonyl (C=O) groups excluding carboxylic acids is 1. The molecule has 0 radical (unpaired) electrons. The number of amides is 1. The van der Waals surface area contributed by atoms with Crippen molar-refractivity contribution in [1.29, 1.82) is 0 Å². The lowest BCUT2D eigenvalue weighted by molar-refractivity contribution is -0.137. The zero-order valence-corrected chi connectivity index (χ0v) is 13.9. The van der Waals surface area contributed by atoms with Crippen molar-refractivity contribution in [2.75, 3.05) is 13.1 Å². The maximum absolute atomic E-state index is 12.6. The second-order valence-corrected chi connectivity index (χ2v) is 6.04. The van der Waals surface area contributed by atoms with Crippen LogP contribution in [-0.4, -0.2) is 39.8 Å². The summed E-state index contributed by atoms with van der Waals surface area (Å²) < 4.78 is 45.5. The van der Waals surface area contributed by atoms with Crippen LogP contribution in [0.2, 0.25) is 0 Å². The van der Waals surface area contributed by atoms with Crippen LogP contribution in [0.1, 0.15) is 17.2 Å². The van der Waals surface area contributed by atoms with E-state index >= 15 is 0 Å². The van der Waals surface area contributed by atoms with Crippen molar-refractivity contribution < 1.29 is 22.7 Å². The van der Waals surface area contributed by atoms with Gasteiger partial charge in [0.15, 0.2) is 0 Å². The Kier molecular flexibility index (Phi) is 5.13. The monoisotopic (exact) mass is 365 g/mol. The van der Waals surface area contributed by atoms with E-state index in [1.807, 2.05) is 0 Å². The summed E-state index contributed by atoms with van der Waals surface area (Å²) in [6.45, 7) is 4.45. The molecular weight excluding hydrogens is 347 g/mol. The molecule has 3 rings (SSSR count). The lowest BCUT2D eigenvalue weighted by Gasteiger charge is -2.19. The van der Waals surface area contributed by atoms with E-state index in [1.54, 1.807) is 28.0 Å². The highest BCUT2D eigenvalue weighted by Gasteiger charge is 2.37. The lowest BCUT2D eigenvalue weighted by atomic mass is 10.1. The van der Waals surface area contributed by atoms with E-state index in [1.165, 1.54) is 18.2 Å². The first-order valence-corrected chi connectivity index (χ1v) is 8.06. The molecule has 1 amide bonds. The van der Waals surface area contributed by atoms with Gasteiger partial charge in [0.2, 0.25) is 5.91 Å². The van der Waals surface area contributed by atoms with Crippen LogP contribution >= 0.6 is 0 Å². The predicted octanol–water partition coefficient (Wildman–Crippen LogP) is 3.06. The fourth-order valence-corrected chi connectivity index (χ4v) is 2.95. The highest BCUT2D eigenvalue weighted by atomic mass is 19.4. The van der Waals surface area contributed by atoms with Crippen LogP contribution in [0.15, 0.2) is 55.4 Å². The number of hydrogen-bond acceptors (Lipinski definition) is 3. The largest absolute Gasteiger partial charge is 0.416 e. The third kappa shape index (κ3) is 3.96. The molecule has 1 fully saturated rings. The summed E-state index contributed by atoms with van der Waals surface area (Å²) in [5.41, 5.74) is -0.0648. The number of benzene rings is 1. The highest BCUT2D eigenvalue weighted by molar-refractivity contribution is 5.87. The first-order valence-electron chi connectivity index (χ1n) is 8.06. The predicted molar refractivity (Wildman–Crippen MR) is 88.1 cm³/mol. The number of ether oxygens (including phenoxy) is 1. The van der Waals surface area contributed by atoms with Crippen molar-refractivity contribution in [2.24, 2.45) is 0 Å². The molecule has 1 aromatic carbocycles. The van der Waals surface area contributed by atoms with E-state index in [-0.39, 0.29) is 24.7 Å². The van der Waals surface area contributed by atoms with Gasteiger partial charge in [0, 0.05) is 25.5 Å². The van der Waals surface area contributed by atoms with E-state index in [0.29, 0.717) is 18.7 Å². The molecule has 0 aliphatic carbocycles. The zero-order chi connectivity index (χ0) is 18.7. The Morgan fingerprint density at radius 2 is 2.04 bits per heavy atom. The smallest absolute Gasteiger partial charge is 0.369 e. The highest BCUT2D eigenvalue weighted by Crippen LogP contribution is 2.30. The van der Waals surface area contributed by atoms with Crippen molar-refractivity contribution in [2.45, 2.75) is 24.9 Å². The van der Waals surface area contributed by atoms with Gasteiger partial charge in [-0.05, 0) is 29.8 Å². The molecule has 0 bridgehead atoms. The number of hydrogen-bond donors (Lipinski definition) is 0. The molecule has 2 aromatic rings. The van der Waals surface area contributed by atoms with E-state index in [2.05, 4.69) is 11.7 Å². The summed E-state index contributed by atoms with van der Waals surface area (Å²) in [4.78, 5) is 13.5. The number of nitrogens with zero attached hydrogens (tertiary/aromatic N) is 3. The molecule has 1 aliphatic rings. The SMILES string of the molecule is C=CC(=O)N1CC(OCc2ccc(C(F)(F)F)cc2)[C@H](n2cccn2)C1. The van der Waals surface area contributed by atoms with Gasteiger partial charge in [0.05, 0.1) is 24.3 Å². The number of carbonyl (C=O) groups is 1. The van der Waals surface area contributed by atoms with Gasteiger partial charge in [-0.15, -0.1) is 0 Å². The maximum atomic E-state index is 12.6. The Morgan fingerprint density at radius 3 is 2.62 bits per heavy atom. The molecule has 0 saturated carbocycles. The molecule has 1 aromatic heterocycles. The molecule has 0 spiro atoms. The molecule has 2 atom stereocenters. The Labute approximate surface area is 148 Å². The summed E-state index contributed by atoms with van der Waals surface area (Å²) in [6.07, 6.45) is 0.00688. The second-order valence-electron chi connectivity index (χ2n) is 6.04. The molecule has 1 unspecified atom stereocenters. The summed E-state index contributed by atoms with van der Waals surface area (Å²) in [7, 11) is 0. The summed E-state index contributed by atoms with van der Waals surface area (Å²) in [5.74, 6) is -0.192. The van der Waals surface area contributed by atoms with Gasteiger partial charge in [-0.1, -0.05) is 18.7 Å². The average molecular weight is 365 g/mol. The van der Waals surface area contributed by atoms with E-state index in [4.69, 9.17) is 4.74 Å². The second kappa shape index (κ2) is 7.33. The molecule has 2 heterocycles. The number of likely N-dealkylation sites (tertiary alicyclic amines) is 1. The summed E-state index contributed by atoms with van der Waals surface area (Å²) >= 11 is 0. The minimum absolute atomic E-state index is 0.149. The average Bonchev–Trinajstić information content (AvgIpc) is 3.28. The van der Waals surface area contributed by atoms with Crippen molar-refractivity contribution in [1.82, 2.24) is 14.7 Å². The summed E-state index contributed by atoms with van der Waals surface area (Å²) in [6, 6.07) is 6.48. The van der Waals surface area contributed by atoms with Gasteiger partial charge in [0.1, 0.15) is 0 Å². The normalized spacial score (nSPS) is 20.3. The van der Waals surface area contributed by atoms with Gasteiger partial charge in [-0.3, -0.25) is 9.48 Å². The van der Waals surface area contributed by atoms with Crippen LogP contribution in [0.5, 0.6) is 0 Å². The Bertz CT molecular complexity index is 757. The first-order chi connectivity index (χ1) is 12.4. The standard InChI is InChI=1S/C18H18F3N3O2/c1-2-17(25)23-10-15(24-9-3-8-22-24)16(11-23)26-12-13-4-6-14(7-5-13)18(19,20)21/h2-9,15-16H,1,10-12H2/t15-,16?/m1/s1. The Hall–Kier alpha value is -2.61. The molecule has 8 heteroatoms. The van der Waals surface area contributed by atoms with Crippen molar-refractivity contribution in [3.63, 3.8) is 0 Å². The fourth-order valence-electron chi connectivity index (χ4n) is 2.95. The molecule has 138 valence electrons. The molecule has 0 N–H and O–H groups in total. The minimum Gasteiger partial charge on any atom is -0.369 e. The van der Waals surface area contributed by atoms with Crippen LogP contribution in [0, 0.1) is 0 Å². The van der Waals surface area contributed by atoms with Crippen LogP contribution in [0.4, 0.5) is 13.2 Å². The van der Waals surface area contributed by atoms with E-state index in [9.17, 15) is 18.0 Å². The van der Waals surface area contributed by atoms with Crippen LogP contribution < -0.4 is 0 Å². The summed E-state index contributed by atoms with van der Waals surface area (Å²) in [5, 5.41) is 4.21. The molecular formula is C18H18F3N3O2. The van der Waals surface area contributed by atoms with Crippen molar-refractivity contribution in [3.05, 3.63) is 66.5 Å². The van der Waals surface area contributed by atoms with Crippen LogP contribution in [0.25, 0.3) is 0 Å². The van der Waals surface area contributed by atoms with Crippen molar-refractivity contribution >= 4 is 5.91 Å². The fraction of sp³-hybridized carbons (Fsp3) is 0.333. The van der Waals surface area contributed by atoms with E-state index in [0.717, 1.165) is 12.1 Å². The van der Waals surface area contributed by atoms with Gasteiger partial charge >= 0.3 is 6.18 Å². The molecule has 5 nitrogen and oxygen atoms in total. The van der Waals surface area contributed by atoms with Crippen LogP contribution in [-0.2, 0) is 22.3 Å². The molecule has 26 heavy (non-hydrogen) atoms. The van der Waals surface area contributed by atoms with Gasteiger partial charge < -0.3 is 9.64 Å². The Balaban J connectivity index is 1.68. The quantitative estimate of drug-likeness (QED) is 0.765. The van der Waals surface area contributed by atoms with Crippen molar-refractivity contribution in [3.8, 4) is 0 Å². The van der Waals surface area contributed by atoms with E-state index < -0.39 is 11.7 Å². The topological polar surface area (TPSA) is 47.4 Å². The lowest BCUT2D eigenvalue weighted by Crippen LogP contribution is -2.28. The van der Waals surface area contributed by atoms with Gasteiger partial charge in [0.25, 0.3) is 0 Å². The number of alkyl halides is 3. The molecule has 1 aliphatic heterocycles. The zero-order valence-electron chi connectivity index (χ0n) is 13.9. The maximum Gasteiger partial charge on any atom is 0.416 e. The van der Waals surface area contributed by atoms with Gasteiger partial charge in [-0.2, -0.15) is 18.3 Å². The third-order valence-electron chi connectivity index (χ3n) is 4.33.